The van der Waals surface area contributed by atoms with Crippen LogP contribution >= 0.6 is 0 Å². The number of ether oxygens (including phenoxy) is 2. The quantitative estimate of drug-likeness (QED) is 0.599. The molecule has 4 rings (SSSR count). The molecule has 1 N–H and O–H groups in total. The van der Waals surface area contributed by atoms with Crippen LogP contribution in [0.5, 0.6) is 0 Å². The predicted octanol–water partition coefficient (Wildman–Crippen LogP) is 3.51. The van der Waals surface area contributed by atoms with E-state index in [1.807, 2.05) is 20.8 Å². The van der Waals surface area contributed by atoms with Crippen LogP contribution in [0.3, 0.4) is 0 Å². The Hall–Kier alpha value is -2.09. The Morgan fingerprint density at radius 3 is 2.37 bits per heavy atom. The first-order chi connectivity index (χ1) is 16.1. The minimum Gasteiger partial charge on any atom is -0.458 e. The molecule has 8 heteroatoms. The molecule has 194 valence electrons. The van der Waals surface area contributed by atoms with Gasteiger partial charge in [-0.2, -0.15) is 0 Å². The number of allylic oxidation sites excluding steroid dienone is 1. The summed E-state index contributed by atoms with van der Waals surface area (Å²) < 4.78 is 28.3. The molecular formula is C27H37FO7. The van der Waals surface area contributed by atoms with Gasteiger partial charge in [0.1, 0.15) is 5.67 Å². The highest BCUT2D eigenvalue weighted by atomic mass is 19.1. The highest BCUT2D eigenvalue weighted by molar-refractivity contribution is 5.93. The number of carbonyl (C=O) groups is 4. The molecule has 0 heterocycles. The van der Waals surface area contributed by atoms with E-state index >= 15 is 4.39 Å². The van der Waals surface area contributed by atoms with Gasteiger partial charge < -0.3 is 14.6 Å². The number of aliphatic hydroxyl groups is 1. The van der Waals surface area contributed by atoms with E-state index in [4.69, 9.17) is 9.47 Å². The second-order valence-corrected chi connectivity index (χ2v) is 11.8. The van der Waals surface area contributed by atoms with Gasteiger partial charge in [-0.3, -0.25) is 19.2 Å². The molecule has 0 spiro atoms. The lowest BCUT2D eigenvalue weighted by Gasteiger charge is -2.64. The van der Waals surface area contributed by atoms with E-state index in [1.54, 1.807) is 13.0 Å². The van der Waals surface area contributed by atoms with Gasteiger partial charge in [-0.05, 0) is 43.6 Å². The average Bonchev–Trinajstić information content (AvgIpc) is 2.97. The van der Waals surface area contributed by atoms with Crippen molar-refractivity contribution in [3.8, 4) is 0 Å². The van der Waals surface area contributed by atoms with E-state index in [1.165, 1.54) is 13.8 Å². The largest absolute Gasteiger partial charge is 0.458 e. The Bertz CT molecular complexity index is 1010. The summed E-state index contributed by atoms with van der Waals surface area (Å²) in [6.45, 7) is 9.29. The van der Waals surface area contributed by atoms with Crippen molar-refractivity contribution < 1.29 is 38.1 Å². The van der Waals surface area contributed by atoms with Gasteiger partial charge in [0.15, 0.2) is 18.0 Å². The SMILES string of the molecule is CC(=O)OCC(=O)[C@@]1(OC(C)=O)C(C)C[C@H]2[C@@H]3CC(C)C4=CC(=O)CC[C@]4(C)[C@@]3(F)C(O)C[C@@]21C. The molecule has 9 atom stereocenters. The van der Waals surface area contributed by atoms with E-state index in [-0.39, 0.29) is 30.5 Å². The average molecular weight is 493 g/mol. The maximum Gasteiger partial charge on any atom is 0.303 e. The third-order valence-electron chi connectivity index (χ3n) is 10.0. The zero-order chi connectivity index (χ0) is 26.1. The predicted molar refractivity (Wildman–Crippen MR) is 124 cm³/mol. The topological polar surface area (TPSA) is 107 Å². The molecule has 0 saturated heterocycles. The van der Waals surface area contributed by atoms with E-state index in [9.17, 15) is 24.3 Å². The third kappa shape index (κ3) is 3.31. The molecule has 3 unspecified atom stereocenters. The number of Topliss-reactive ketones (excluding diaryl/α,β-unsaturated/α-hetero) is 1. The summed E-state index contributed by atoms with van der Waals surface area (Å²) >= 11 is 0. The number of fused-ring (bicyclic) bond motifs is 5. The van der Waals surface area contributed by atoms with Gasteiger partial charge in [-0.1, -0.05) is 33.3 Å². The number of aliphatic hydroxyl groups excluding tert-OH is 1. The first kappa shape index (κ1) is 26.0. The van der Waals surface area contributed by atoms with E-state index in [2.05, 4.69) is 0 Å². The summed E-state index contributed by atoms with van der Waals surface area (Å²) in [5, 5.41) is 11.6. The highest BCUT2D eigenvalue weighted by Crippen LogP contribution is 2.72. The first-order valence-corrected chi connectivity index (χ1v) is 12.6. The van der Waals surface area contributed by atoms with Crippen molar-refractivity contribution in [2.45, 2.75) is 91.0 Å². The van der Waals surface area contributed by atoms with Gasteiger partial charge in [-0.25, -0.2) is 4.39 Å². The molecule has 4 aliphatic rings. The second-order valence-electron chi connectivity index (χ2n) is 11.8. The Balaban J connectivity index is 1.84. The summed E-state index contributed by atoms with van der Waals surface area (Å²) in [6.07, 6.45) is 1.47. The van der Waals surface area contributed by atoms with Crippen molar-refractivity contribution in [2.75, 3.05) is 6.61 Å². The number of hydrogen-bond donors (Lipinski definition) is 1. The monoisotopic (exact) mass is 492 g/mol. The number of alkyl halides is 1. The maximum absolute atomic E-state index is 17.5. The van der Waals surface area contributed by atoms with Gasteiger partial charge in [0.2, 0.25) is 5.78 Å². The van der Waals surface area contributed by atoms with Gasteiger partial charge >= 0.3 is 11.9 Å². The van der Waals surface area contributed by atoms with Crippen molar-refractivity contribution in [3.63, 3.8) is 0 Å². The summed E-state index contributed by atoms with van der Waals surface area (Å²) in [5.74, 6) is -3.32. The van der Waals surface area contributed by atoms with Crippen molar-refractivity contribution in [3.05, 3.63) is 11.6 Å². The number of rotatable bonds is 4. The van der Waals surface area contributed by atoms with Crippen LogP contribution < -0.4 is 0 Å². The third-order valence-corrected chi connectivity index (χ3v) is 10.0. The zero-order valence-electron chi connectivity index (χ0n) is 21.5. The molecule has 4 aliphatic carbocycles. The molecule has 3 saturated carbocycles. The zero-order valence-corrected chi connectivity index (χ0v) is 21.5. The first-order valence-electron chi connectivity index (χ1n) is 12.6. The molecule has 35 heavy (non-hydrogen) atoms. The normalized spacial score (nSPS) is 46.6. The van der Waals surface area contributed by atoms with E-state index in [0.717, 1.165) is 5.57 Å². The minimum absolute atomic E-state index is 0.0130. The van der Waals surface area contributed by atoms with Crippen LogP contribution in [0.15, 0.2) is 11.6 Å². The molecule has 0 amide bonds. The smallest absolute Gasteiger partial charge is 0.303 e. The standard InChI is InChI=1S/C27H37FO7/c1-14-9-21-20-10-15(2)27(35-17(4)30,23(33)13-34-16(3)29)25(20,6)12-22(32)26(21,28)24(5)8-7-18(31)11-19(14)24/h11,14-15,20-22,32H,7-10,12-13H2,1-6H3/t14?,15?,20-,21-,22?,24-,25-,26-,27-/m0/s1. The summed E-state index contributed by atoms with van der Waals surface area (Å²) in [4.78, 5) is 49.6. The number of ketones is 2. The van der Waals surface area contributed by atoms with Crippen LogP contribution in [0.4, 0.5) is 4.39 Å². The van der Waals surface area contributed by atoms with Crippen LogP contribution in [0.2, 0.25) is 0 Å². The number of carbonyl (C=O) groups excluding carboxylic acids is 4. The van der Waals surface area contributed by atoms with Crippen molar-refractivity contribution in [1.29, 1.82) is 0 Å². The van der Waals surface area contributed by atoms with Gasteiger partial charge in [0, 0.05) is 42.9 Å². The van der Waals surface area contributed by atoms with Gasteiger partial charge in [0.25, 0.3) is 0 Å². The van der Waals surface area contributed by atoms with E-state index in [0.29, 0.717) is 19.3 Å². The number of esters is 2. The fraction of sp³-hybridized carbons (Fsp3) is 0.778. The second kappa shape index (κ2) is 8.22. The lowest BCUT2D eigenvalue weighted by Crippen LogP contribution is -2.71. The van der Waals surface area contributed by atoms with Crippen molar-refractivity contribution in [2.24, 2.45) is 34.5 Å². The molecule has 0 aromatic rings. The molecule has 0 aromatic carbocycles. The Labute approximate surface area is 205 Å². The molecule has 0 aliphatic heterocycles. The number of halogens is 1. The Morgan fingerprint density at radius 1 is 1.11 bits per heavy atom. The van der Waals surface area contributed by atoms with Crippen LogP contribution in [-0.4, -0.2) is 52.6 Å². The molecule has 0 bridgehead atoms. The fourth-order valence-corrected chi connectivity index (χ4v) is 8.66. The van der Waals surface area contributed by atoms with E-state index < -0.39 is 64.4 Å². The summed E-state index contributed by atoms with van der Waals surface area (Å²) in [5.41, 5.74) is -4.93. The molecule has 3 fully saturated rings. The van der Waals surface area contributed by atoms with Crippen molar-refractivity contribution >= 4 is 23.5 Å². The van der Waals surface area contributed by atoms with Crippen LogP contribution in [-0.2, 0) is 28.7 Å². The van der Waals surface area contributed by atoms with Gasteiger partial charge in [0.05, 0.1) is 6.10 Å². The van der Waals surface area contributed by atoms with Crippen molar-refractivity contribution in [1.82, 2.24) is 0 Å². The summed E-state index contributed by atoms with van der Waals surface area (Å²) in [7, 11) is 0. The minimum atomic E-state index is -1.98. The van der Waals surface area contributed by atoms with Gasteiger partial charge in [-0.15, -0.1) is 0 Å². The highest BCUT2D eigenvalue weighted by Gasteiger charge is 2.77. The lowest BCUT2D eigenvalue weighted by molar-refractivity contribution is -0.238. The van der Waals surface area contributed by atoms with Crippen LogP contribution in [0.25, 0.3) is 0 Å². The van der Waals surface area contributed by atoms with Crippen LogP contribution in [0, 0.1) is 34.5 Å². The summed E-state index contributed by atoms with van der Waals surface area (Å²) in [6, 6.07) is 0. The molecule has 0 radical (unpaired) electrons. The molecule has 7 nitrogen and oxygen atoms in total. The fourth-order valence-electron chi connectivity index (χ4n) is 8.66. The maximum atomic E-state index is 17.5. The van der Waals surface area contributed by atoms with Crippen LogP contribution in [0.1, 0.15) is 73.6 Å². The number of hydrogen-bond acceptors (Lipinski definition) is 7. The Kier molecular flexibility index (Phi) is 6.10. The Morgan fingerprint density at radius 2 is 1.77 bits per heavy atom. The lowest BCUT2D eigenvalue weighted by atomic mass is 9.42. The molecule has 0 aromatic heterocycles. The molecular weight excluding hydrogens is 455 g/mol.